The fraction of sp³-hybridized carbons (Fsp3) is 0.182. The zero-order chi connectivity index (χ0) is 11.8. The van der Waals surface area contributed by atoms with Crippen LogP contribution in [0.5, 0.6) is 0 Å². The van der Waals surface area contributed by atoms with E-state index in [1.54, 1.807) is 31.5 Å². The van der Waals surface area contributed by atoms with Crippen LogP contribution in [0, 0.1) is 0 Å². The number of benzene rings is 1. The fourth-order valence-corrected chi connectivity index (χ4v) is 2.63. The normalized spacial score (nSPS) is 11.8. The van der Waals surface area contributed by atoms with E-state index in [0.717, 1.165) is 10.8 Å². The van der Waals surface area contributed by atoms with E-state index in [1.165, 1.54) is 6.07 Å². The summed E-state index contributed by atoms with van der Waals surface area (Å²) >= 11 is 0. The lowest BCUT2D eigenvalue weighted by atomic mass is 10.1. The van der Waals surface area contributed by atoms with Crippen LogP contribution in [-0.2, 0) is 9.84 Å². The SMILES string of the molecule is CCS(=O)(=O)c1ccc2cnccc2c1N. The molecule has 0 spiro atoms. The van der Waals surface area contributed by atoms with Crippen molar-refractivity contribution < 1.29 is 8.42 Å². The lowest BCUT2D eigenvalue weighted by Crippen LogP contribution is -2.07. The van der Waals surface area contributed by atoms with Gasteiger partial charge in [0.25, 0.3) is 0 Å². The van der Waals surface area contributed by atoms with Gasteiger partial charge in [0.1, 0.15) is 0 Å². The second-order valence-electron chi connectivity index (χ2n) is 3.48. The molecular formula is C11H12N2O2S. The van der Waals surface area contributed by atoms with Crippen LogP contribution in [0.1, 0.15) is 6.92 Å². The van der Waals surface area contributed by atoms with Gasteiger partial charge < -0.3 is 5.73 Å². The predicted octanol–water partition coefficient (Wildman–Crippen LogP) is 1.61. The molecule has 0 unspecified atom stereocenters. The van der Waals surface area contributed by atoms with Gasteiger partial charge in [-0.3, -0.25) is 4.98 Å². The van der Waals surface area contributed by atoms with Crippen LogP contribution in [0.25, 0.3) is 10.8 Å². The zero-order valence-corrected chi connectivity index (χ0v) is 9.66. The van der Waals surface area contributed by atoms with Crippen molar-refractivity contribution in [3.05, 3.63) is 30.6 Å². The van der Waals surface area contributed by atoms with E-state index < -0.39 is 9.84 Å². The van der Waals surface area contributed by atoms with E-state index in [0.29, 0.717) is 5.69 Å². The maximum atomic E-state index is 11.8. The molecule has 5 heteroatoms. The monoisotopic (exact) mass is 236 g/mol. The maximum Gasteiger partial charge on any atom is 0.180 e. The Balaban J connectivity index is 2.80. The van der Waals surface area contributed by atoms with Gasteiger partial charge >= 0.3 is 0 Å². The molecule has 0 bridgehead atoms. The molecule has 1 heterocycles. The second-order valence-corrected chi connectivity index (χ2v) is 5.72. The molecule has 2 aromatic rings. The van der Waals surface area contributed by atoms with Crippen molar-refractivity contribution in [1.29, 1.82) is 0 Å². The molecule has 84 valence electrons. The number of rotatable bonds is 2. The van der Waals surface area contributed by atoms with Crippen molar-refractivity contribution in [3.63, 3.8) is 0 Å². The number of nitrogen functional groups attached to an aromatic ring is 1. The van der Waals surface area contributed by atoms with Crippen molar-refractivity contribution in [3.8, 4) is 0 Å². The molecule has 16 heavy (non-hydrogen) atoms. The molecule has 2 N–H and O–H groups in total. The van der Waals surface area contributed by atoms with E-state index in [2.05, 4.69) is 4.98 Å². The number of pyridine rings is 1. The van der Waals surface area contributed by atoms with Gasteiger partial charge in [-0.15, -0.1) is 0 Å². The Morgan fingerprint density at radius 1 is 1.31 bits per heavy atom. The number of nitrogens with two attached hydrogens (primary N) is 1. The highest BCUT2D eigenvalue weighted by Crippen LogP contribution is 2.27. The Kier molecular flexibility index (Phi) is 2.55. The highest BCUT2D eigenvalue weighted by atomic mass is 32.2. The molecular weight excluding hydrogens is 224 g/mol. The summed E-state index contributed by atoms with van der Waals surface area (Å²) < 4.78 is 23.5. The smallest absolute Gasteiger partial charge is 0.180 e. The number of aromatic nitrogens is 1. The molecule has 0 radical (unpaired) electrons. The Morgan fingerprint density at radius 2 is 2.06 bits per heavy atom. The Morgan fingerprint density at radius 3 is 2.75 bits per heavy atom. The molecule has 0 aliphatic carbocycles. The van der Waals surface area contributed by atoms with Gasteiger partial charge in [-0.05, 0) is 12.1 Å². The molecule has 0 atom stereocenters. The van der Waals surface area contributed by atoms with E-state index in [-0.39, 0.29) is 10.6 Å². The predicted molar refractivity (Wildman–Crippen MR) is 63.9 cm³/mol. The number of nitrogens with zero attached hydrogens (tertiary/aromatic N) is 1. The van der Waals surface area contributed by atoms with Crippen molar-refractivity contribution in [1.82, 2.24) is 4.98 Å². The summed E-state index contributed by atoms with van der Waals surface area (Å²) in [5, 5.41) is 1.57. The van der Waals surface area contributed by atoms with Gasteiger partial charge in [-0.1, -0.05) is 13.0 Å². The fourth-order valence-electron chi connectivity index (χ4n) is 1.60. The van der Waals surface area contributed by atoms with Crippen LogP contribution in [0.3, 0.4) is 0 Å². The highest BCUT2D eigenvalue weighted by Gasteiger charge is 2.16. The maximum absolute atomic E-state index is 11.8. The topological polar surface area (TPSA) is 73.0 Å². The van der Waals surface area contributed by atoms with Crippen LogP contribution < -0.4 is 5.73 Å². The number of hydrogen-bond donors (Lipinski definition) is 1. The first-order chi connectivity index (χ1) is 7.56. The molecule has 0 amide bonds. The third kappa shape index (κ3) is 1.63. The quantitative estimate of drug-likeness (QED) is 0.804. The second kappa shape index (κ2) is 3.75. The molecule has 4 nitrogen and oxygen atoms in total. The lowest BCUT2D eigenvalue weighted by molar-refractivity contribution is 0.598. The molecule has 0 fully saturated rings. The summed E-state index contributed by atoms with van der Waals surface area (Å²) in [5.74, 6) is 0.0494. The van der Waals surface area contributed by atoms with Crippen molar-refractivity contribution in [2.24, 2.45) is 0 Å². The van der Waals surface area contributed by atoms with E-state index >= 15 is 0 Å². The van der Waals surface area contributed by atoms with Gasteiger partial charge in [-0.2, -0.15) is 0 Å². The van der Waals surface area contributed by atoms with Gasteiger partial charge in [0, 0.05) is 23.2 Å². The third-order valence-corrected chi connectivity index (χ3v) is 4.32. The zero-order valence-electron chi connectivity index (χ0n) is 8.84. The van der Waals surface area contributed by atoms with Crippen molar-refractivity contribution >= 4 is 26.3 Å². The lowest BCUT2D eigenvalue weighted by Gasteiger charge is -2.08. The van der Waals surface area contributed by atoms with Crippen LogP contribution in [0.15, 0.2) is 35.5 Å². The van der Waals surface area contributed by atoms with Gasteiger partial charge in [0.15, 0.2) is 9.84 Å². The van der Waals surface area contributed by atoms with Crippen LogP contribution in [-0.4, -0.2) is 19.2 Å². The van der Waals surface area contributed by atoms with Gasteiger partial charge in [-0.25, -0.2) is 8.42 Å². The summed E-state index contributed by atoms with van der Waals surface area (Å²) in [6.45, 7) is 1.60. The van der Waals surface area contributed by atoms with E-state index in [1.807, 2.05) is 0 Å². The molecule has 0 saturated heterocycles. The minimum Gasteiger partial charge on any atom is -0.397 e. The third-order valence-electron chi connectivity index (χ3n) is 2.54. The summed E-state index contributed by atoms with van der Waals surface area (Å²) in [7, 11) is -3.27. The van der Waals surface area contributed by atoms with Gasteiger partial charge in [0.2, 0.25) is 0 Å². The van der Waals surface area contributed by atoms with Crippen molar-refractivity contribution in [2.45, 2.75) is 11.8 Å². The first kappa shape index (κ1) is 10.9. The molecule has 0 saturated carbocycles. The summed E-state index contributed by atoms with van der Waals surface area (Å²) in [4.78, 5) is 4.16. The highest BCUT2D eigenvalue weighted by molar-refractivity contribution is 7.91. The number of sulfone groups is 1. The number of fused-ring (bicyclic) bond motifs is 1. The van der Waals surface area contributed by atoms with E-state index in [9.17, 15) is 8.42 Å². The summed E-state index contributed by atoms with van der Waals surface area (Å²) in [6.07, 6.45) is 3.26. The van der Waals surface area contributed by atoms with Crippen LogP contribution in [0.2, 0.25) is 0 Å². The Hall–Kier alpha value is -1.62. The van der Waals surface area contributed by atoms with Gasteiger partial charge in [0.05, 0.1) is 16.3 Å². The standard InChI is InChI=1S/C11H12N2O2S/c1-2-16(14,15)10-4-3-8-7-13-6-5-9(8)11(10)12/h3-7H,2,12H2,1H3. The minimum absolute atomic E-state index is 0.0494. The summed E-state index contributed by atoms with van der Waals surface area (Å²) in [5.41, 5.74) is 6.18. The first-order valence-electron chi connectivity index (χ1n) is 4.91. The molecule has 1 aromatic heterocycles. The largest absolute Gasteiger partial charge is 0.397 e. The van der Waals surface area contributed by atoms with Crippen molar-refractivity contribution in [2.75, 3.05) is 11.5 Å². The molecule has 0 aliphatic rings. The Labute approximate surface area is 94.0 Å². The Bertz CT molecular complexity index is 635. The van der Waals surface area contributed by atoms with Crippen LogP contribution >= 0.6 is 0 Å². The minimum atomic E-state index is -3.27. The number of anilines is 1. The van der Waals surface area contributed by atoms with Crippen LogP contribution in [0.4, 0.5) is 5.69 Å². The molecule has 0 aliphatic heterocycles. The average Bonchev–Trinajstić information content (AvgIpc) is 2.29. The molecule has 2 rings (SSSR count). The number of hydrogen-bond acceptors (Lipinski definition) is 4. The van der Waals surface area contributed by atoms with E-state index in [4.69, 9.17) is 5.73 Å². The average molecular weight is 236 g/mol. The first-order valence-corrected chi connectivity index (χ1v) is 6.56. The molecule has 1 aromatic carbocycles. The summed E-state index contributed by atoms with van der Waals surface area (Å²) in [6, 6.07) is 4.98.